The first-order valence-corrected chi connectivity index (χ1v) is 8.06. The highest BCUT2D eigenvalue weighted by Crippen LogP contribution is 2.24. The minimum atomic E-state index is 0.676. The van der Waals surface area contributed by atoms with E-state index in [1.807, 2.05) is 12.1 Å². The summed E-state index contributed by atoms with van der Waals surface area (Å²) in [5.41, 5.74) is 0.676. The third kappa shape index (κ3) is 5.06. The van der Waals surface area contributed by atoms with Crippen molar-refractivity contribution in [3.8, 4) is 11.8 Å². The molecule has 1 fully saturated rings. The SMILES string of the molecule is CC(C)CN(CCOc1ccc(C#N)cc1)C1CCCC1. The van der Waals surface area contributed by atoms with Gasteiger partial charge in [0.1, 0.15) is 12.4 Å². The van der Waals surface area contributed by atoms with Crippen LogP contribution in [-0.4, -0.2) is 30.6 Å². The van der Waals surface area contributed by atoms with E-state index >= 15 is 0 Å². The lowest BCUT2D eigenvalue weighted by atomic mass is 10.1. The van der Waals surface area contributed by atoms with Gasteiger partial charge in [-0.25, -0.2) is 0 Å². The molecule has 1 saturated carbocycles. The van der Waals surface area contributed by atoms with E-state index in [9.17, 15) is 0 Å². The summed E-state index contributed by atoms with van der Waals surface area (Å²) in [7, 11) is 0. The monoisotopic (exact) mass is 286 g/mol. The van der Waals surface area contributed by atoms with E-state index in [4.69, 9.17) is 10.00 Å². The van der Waals surface area contributed by atoms with E-state index in [1.165, 1.54) is 25.7 Å². The van der Waals surface area contributed by atoms with Crippen LogP contribution in [0.25, 0.3) is 0 Å². The molecule has 1 aliphatic rings. The topological polar surface area (TPSA) is 36.3 Å². The largest absolute Gasteiger partial charge is 0.492 e. The Morgan fingerprint density at radius 1 is 1.24 bits per heavy atom. The van der Waals surface area contributed by atoms with Crippen molar-refractivity contribution in [1.82, 2.24) is 4.90 Å². The minimum absolute atomic E-state index is 0.676. The summed E-state index contributed by atoms with van der Waals surface area (Å²) in [5, 5.41) is 8.78. The van der Waals surface area contributed by atoms with E-state index in [1.54, 1.807) is 12.1 Å². The fourth-order valence-corrected chi connectivity index (χ4v) is 3.07. The Hall–Kier alpha value is -1.53. The molecule has 114 valence electrons. The lowest BCUT2D eigenvalue weighted by molar-refractivity contribution is 0.145. The molecular weight excluding hydrogens is 260 g/mol. The summed E-state index contributed by atoms with van der Waals surface area (Å²) in [6, 6.07) is 10.2. The van der Waals surface area contributed by atoms with Crippen LogP contribution in [0.15, 0.2) is 24.3 Å². The molecule has 0 amide bonds. The molecule has 21 heavy (non-hydrogen) atoms. The maximum absolute atomic E-state index is 8.78. The number of ether oxygens (including phenoxy) is 1. The predicted molar refractivity (Wildman–Crippen MR) is 85.3 cm³/mol. The normalized spacial score (nSPS) is 15.6. The van der Waals surface area contributed by atoms with E-state index in [0.29, 0.717) is 11.5 Å². The van der Waals surface area contributed by atoms with Crippen LogP contribution in [0.5, 0.6) is 5.75 Å². The van der Waals surface area contributed by atoms with Gasteiger partial charge < -0.3 is 4.74 Å². The third-order valence-corrected chi connectivity index (χ3v) is 4.07. The molecule has 1 aromatic rings. The van der Waals surface area contributed by atoms with Crippen molar-refractivity contribution < 1.29 is 4.74 Å². The second kappa shape index (κ2) is 8.05. The molecule has 0 heterocycles. The van der Waals surface area contributed by atoms with Crippen LogP contribution in [0.1, 0.15) is 45.1 Å². The first kappa shape index (κ1) is 15.9. The van der Waals surface area contributed by atoms with Crippen molar-refractivity contribution in [3.63, 3.8) is 0 Å². The summed E-state index contributed by atoms with van der Waals surface area (Å²) in [5.74, 6) is 1.55. The van der Waals surface area contributed by atoms with Crippen LogP contribution >= 0.6 is 0 Å². The third-order valence-electron chi connectivity index (χ3n) is 4.07. The van der Waals surface area contributed by atoms with Gasteiger partial charge in [-0.3, -0.25) is 4.90 Å². The minimum Gasteiger partial charge on any atom is -0.492 e. The van der Waals surface area contributed by atoms with Crippen molar-refractivity contribution >= 4 is 0 Å². The Bertz CT molecular complexity index is 455. The molecule has 0 N–H and O–H groups in total. The average Bonchev–Trinajstić information content (AvgIpc) is 3.00. The Kier molecular flexibility index (Phi) is 6.07. The van der Waals surface area contributed by atoms with E-state index in [0.717, 1.165) is 31.5 Å². The van der Waals surface area contributed by atoms with Crippen molar-refractivity contribution in [1.29, 1.82) is 5.26 Å². The summed E-state index contributed by atoms with van der Waals surface area (Å²) in [4.78, 5) is 2.60. The fraction of sp³-hybridized carbons (Fsp3) is 0.611. The first-order valence-electron chi connectivity index (χ1n) is 8.06. The zero-order chi connectivity index (χ0) is 15.1. The summed E-state index contributed by atoms with van der Waals surface area (Å²) in [6.45, 7) is 7.42. The zero-order valence-electron chi connectivity index (χ0n) is 13.2. The molecule has 1 aliphatic carbocycles. The molecule has 0 aliphatic heterocycles. The molecule has 0 saturated heterocycles. The van der Waals surface area contributed by atoms with Crippen molar-refractivity contribution in [2.75, 3.05) is 19.7 Å². The van der Waals surface area contributed by atoms with Crippen molar-refractivity contribution in [2.24, 2.45) is 5.92 Å². The Balaban J connectivity index is 1.81. The Labute approximate surface area is 128 Å². The fourth-order valence-electron chi connectivity index (χ4n) is 3.07. The lowest BCUT2D eigenvalue weighted by Gasteiger charge is -2.30. The number of hydrogen-bond acceptors (Lipinski definition) is 3. The lowest BCUT2D eigenvalue weighted by Crippen LogP contribution is -2.39. The standard InChI is InChI=1S/C18H26N2O/c1-15(2)14-20(17-5-3-4-6-17)11-12-21-18-9-7-16(13-19)8-10-18/h7-10,15,17H,3-6,11-12,14H2,1-2H3. The number of nitrogens with zero attached hydrogens (tertiary/aromatic N) is 2. The van der Waals surface area contributed by atoms with Crippen molar-refractivity contribution in [2.45, 2.75) is 45.6 Å². The van der Waals surface area contributed by atoms with E-state index in [2.05, 4.69) is 24.8 Å². The van der Waals surface area contributed by atoms with E-state index < -0.39 is 0 Å². The van der Waals surface area contributed by atoms with Crippen LogP contribution in [0, 0.1) is 17.2 Å². The number of nitriles is 1. The number of benzene rings is 1. The summed E-state index contributed by atoms with van der Waals surface area (Å²) >= 11 is 0. The molecule has 3 nitrogen and oxygen atoms in total. The molecule has 0 unspecified atom stereocenters. The predicted octanol–water partition coefficient (Wildman–Crippen LogP) is 3.84. The molecule has 0 bridgehead atoms. The highest BCUT2D eigenvalue weighted by Gasteiger charge is 2.22. The van der Waals surface area contributed by atoms with Gasteiger partial charge in [-0.1, -0.05) is 26.7 Å². The molecular formula is C18H26N2O. The molecule has 1 aromatic carbocycles. The van der Waals surface area contributed by atoms with E-state index in [-0.39, 0.29) is 0 Å². The maximum atomic E-state index is 8.78. The Morgan fingerprint density at radius 2 is 1.90 bits per heavy atom. The summed E-state index contributed by atoms with van der Waals surface area (Å²) < 4.78 is 5.83. The van der Waals surface area contributed by atoms with Gasteiger partial charge in [-0.05, 0) is 43.0 Å². The highest BCUT2D eigenvalue weighted by molar-refractivity contribution is 5.34. The van der Waals surface area contributed by atoms with Crippen LogP contribution < -0.4 is 4.74 Å². The van der Waals surface area contributed by atoms with Gasteiger partial charge in [-0.2, -0.15) is 5.26 Å². The maximum Gasteiger partial charge on any atom is 0.119 e. The number of hydrogen-bond donors (Lipinski definition) is 0. The van der Waals surface area contributed by atoms with Gasteiger partial charge in [-0.15, -0.1) is 0 Å². The molecule has 0 radical (unpaired) electrons. The highest BCUT2D eigenvalue weighted by atomic mass is 16.5. The van der Waals surface area contributed by atoms with Crippen LogP contribution in [-0.2, 0) is 0 Å². The molecule has 0 spiro atoms. The van der Waals surface area contributed by atoms with Gasteiger partial charge >= 0.3 is 0 Å². The average molecular weight is 286 g/mol. The van der Waals surface area contributed by atoms with Gasteiger partial charge in [0, 0.05) is 19.1 Å². The smallest absolute Gasteiger partial charge is 0.119 e. The van der Waals surface area contributed by atoms with Gasteiger partial charge in [0.25, 0.3) is 0 Å². The van der Waals surface area contributed by atoms with Gasteiger partial charge in [0.05, 0.1) is 11.6 Å². The quantitative estimate of drug-likeness (QED) is 0.764. The van der Waals surface area contributed by atoms with Crippen molar-refractivity contribution in [3.05, 3.63) is 29.8 Å². The molecule has 0 atom stereocenters. The molecule has 3 heteroatoms. The first-order chi connectivity index (χ1) is 10.2. The number of rotatable bonds is 7. The summed E-state index contributed by atoms with van der Waals surface area (Å²) in [6.07, 6.45) is 5.42. The molecule has 0 aromatic heterocycles. The van der Waals surface area contributed by atoms with Crippen LogP contribution in [0.2, 0.25) is 0 Å². The van der Waals surface area contributed by atoms with Crippen LogP contribution in [0.3, 0.4) is 0 Å². The zero-order valence-corrected chi connectivity index (χ0v) is 13.2. The second-order valence-corrected chi connectivity index (χ2v) is 6.31. The van der Waals surface area contributed by atoms with Gasteiger partial charge in [0.15, 0.2) is 0 Å². The Morgan fingerprint density at radius 3 is 2.48 bits per heavy atom. The van der Waals surface area contributed by atoms with Crippen LogP contribution in [0.4, 0.5) is 0 Å². The van der Waals surface area contributed by atoms with Gasteiger partial charge in [0.2, 0.25) is 0 Å². The molecule has 2 rings (SSSR count). The second-order valence-electron chi connectivity index (χ2n) is 6.31.